The fourth-order valence-corrected chi connectivity index (χ4v) is 2.54. The summed E-state index contributed by atoms with van der Waals surface area (Å²) in [7, 11) is 0. The standard InChI is InChI=1S/C14H17BrN2O/c1-8-4-5-11(10(3)9(8)2)13-14(15)17-12(16-13)6-7-18/h4-5,18H,6-7H2,1-3H3,(H,16,17). The molecule has 4 heteroatoms. The van der Waals surface area contributed by atoms with Crippen molar-refractivity contribution in [2.45, 2.75) is 27.2 Å². The molecule has 0 aliphatic rings. The van der Waals surface area contributed by atoms with E-state index < -0.39 is 0 Å². The lowest BCUT2D eigenvalue weighted by molar-refractivity contribution is 0.297. The van der Waals surface area contributed by atoms with Crippen LogP contribution in [0.4, 0.5) is 0 Å². The zero-order chi connectivity index (χ0) is 13.3. The molecule has 18 heavy (non-hydrogen) atoms. The van der Waals surface area contributed by atoms with Crippen LogP contribution < -0.4 is 0 Å². The normalized spacial score (nSPS) is 10.9. The van der Waals surface area contributed by atoms with Crippen LogP contribution in [0.5, 0.6) is 0 Å². The summed E-state index contributed by atoms with van der Waals surface area (Å²) in [4.78, 5) is 7.69. The number of hydrogen-bond acceptors (Lipinski definition) is 2. The Kier molecular flexibility index (Phi) is 3.88. The number of imidazole rings is 1. The molecule has 1 aromatic heterocycles. The molecular formula is C14H17BrN2O. The van der Waals surface area contributed by atoms with Gasteiger partial charge >= 0.3 is 0 Å². The van der Waals surface area contributed by atoms with Gasteiger partial charge in [0.1, 0.15) is 16.1 Å². The van der Waals surface area contributed by atoms with Crippen LogP contribution in [0.3, 0.4) is 0 Å². The number of hydrogen-bond donors (Lipinski definition) is 2. The molecule has 3 nitrogen and oxygen atoms in total. The Labute approximate surface area is 115 Å². The van der Waals surface area contributed by atoms with Crippen molar-refractivity contribution in [2.24, 2.45) is 0 Å². The highest BCUT2D eigenvalue weighted by molar-refractivity contribution is 9.10. The van der Waals surface area contributed by atoms with E-state index in [0.717, 1.165) is 21.7 Å². The van der Waals surface area contributed by atoms with Crippen molar-refractivity contribution in [3.05, 3.63) is 39.3 Å². The molecule has 0 saturated carbocycles. The van der Waals surface area contributed by atoms with E-state index in [0.29, 0.717) is 6.42 Å². The summed E-state index contributed by atoms with van der Waals surface area (Å²) in [6.45, 7) is 6.46. The van der Waals surface area contributed by atoms with Crippen molar-refractivity contribution in [1.82, 2.24) is 9.97 Å². The lowest BCUT2D eigenvalue weighted by atomic mass is 9.97. The van der Waals surface area contributed by atoms with Crippen LogP contribution in [0.25, 0.3) is 11.3 Å². The van der Waals surface area contributed by atoms with Crippen molar-refractivity contribution in [2.75, 3.05) is 6.61 Å². The van der Waals surface area contributed by atoms with E-state index in [-0.39, 0.29) is 6.61 Å². The maximum atomic E-state index is 8.95. The predicted molar refractivity (Wildman–Crippen MR) is 76.7 cm³/mol. The van der Waals surface area contributed by atoms with Gasteiger partial charge in [-0.2, -0.15) is 0 Å². The van der Waals surface area contributed by atoms with Gasteiger partial charge in [0.2, 0.25) is 0 Å². The molecule has 0 aliphatic heterocycles. The molecular weight excluding hydrogens is 292 g/mol. The summed E-state index contributed by atoms with van der Waals surface area (Å²) in [5.74, 6) is 0.803. The lowest BCUT2D eigenvalue weighted by Crippen LogP contribution is -1.93. The summed E-state index contributed by atoms with van der Waals surface area (Å²) in [5.41, 5.74) is 5.88. The highest BCUT2D eigenvalue weighted by Crippen LogP contribution is 2.31. The Morgan fingerprint density at radius 3 is 2.61 bits per heavy atom. The van der Waals surface area contributed by atoms with Gasteiger partial charge in [-0.15, -0.1) is 0 Å². The van der Waals surface area contributed by atoms with Crippen molar-refractivity contribution in [3.8, 4) is 11.3 Å². The van der Waals surface area contributed by atoms with Gasteiger partial charge in [-0.1, -0.05) is 12.1 Å². The van der Waals surface area contributed by atoms with Gasteiger partial charge in [-0.3, -0.25) is 0 Å². The Morgan fingerprint density at radius 2 is 1.94 bits per heavy atom. The number of rotatable bonds is 3. The average Bonchev–Trinajstić information content (AvgIpc) is 2.68. The second kappa shape index (κ2) is 5.24. The van der Waals surface area contributed by atoms with Crippen molar-refractivity contribution in [3.63, 3.8) is 0 Å². The summed E-state index contributed by atoms with van der Waals surface area (Å²) in [5, 5.41) is 8.95. The number of aromatic amines is 1. The van der Waals surface area contributed by atoms with Gasteiger partial charge in [-0.05, 0) is 53.4 Å². The molecule has 0 fully saturated rings. The molecule has 0 aliphatic carbocycles. The van der Waals surface area contributed by atoms with E-state index in [4.69, 9.17) is 5.11 Å². The molecule has 0 saturated heterocycles. The van der Waals surface area contributed by atoms with Crippen LogP contribution in [0.15, 0.2) is 16.7 Å². The molecule has 2 N–H and O–H groups in total. The second-order valence-corrected chi connectivity index (χ2v) is 5.29. The molecule has 0 radical (unpaired) electrons. The number of halogens is 1. The summed E-state index contributed by atoms with van der Waals surface area (Å²) in [6.07, 6.45) is 0.544. The third kappa shape index (κ3) is 2.35. The third-order valence-corrected chi connectivity index (χ3v) is 3.94. The third-order valence-electron chi connectivity index (χ3n) is 3.37. The minimum absolute atomic E-state index is 0.102. The summed E-state index contributed by atoms with van der Waals surface area (Å²) < 4.78 is 0.873. The van der Waals surface area contributed by atoms with E-state index in [1.165, 1.54) is 16.7 Å². The quantitative estimate of drug-likeness (QED) is 0.914. The molecule has 0 spiro atoms. The fourth-order valence-electron chi connectivity index (χ4n) is 2.01. The molecule has 1 heterocycles. The first-order valence-corrected chi connectivity index (χ1v) is 6.76. The van der Waals surface area contributed by atoms with Crippen LogP contribution in [-0.4, -0.2) is 21.7 Å². The van der Waals surface area contributed by atoms with E-state index in [1.807, 2.05) is 0 Å². The number of nitrogens with one attached hydrogen (secondary N) is 1. The number of benzene rings is 1. The monoisotopic (exact) mass is 308 g/mol. The second-order valence-electron chi connectivity index (χ2n) is 4.50. The average molecular weight is 309 g/mol. The first kappa shape index (κ1) is 13.3. The van der Waals surface area contributed by atoms with E-state index in [9.17, 15) is 0 Å². The Balaban J connectivity index is 2.52. The fraction of sp³-hybridized carbons (Fsp3) is 0.357. The molecule has 2 aromatic rings. The van der Waals surface area contributed by atoms with Crippen LogP contribution >= 0.6 is 15.9 Å². The molecule has 1 aromatic carbocycles. The molecule has 0 atom stereocenters. The highest BCUT2D eigenvalue weighted by Gasteiger charge is 2.13. The van der Waals surface area contributed by atoms with Crippen LogP contribution in [-0.2, 0) is 6.42 Å². The van der Waals surface area contributed by atoms with Gasteiger partial charge in [-0.25, -0.2) is 4.98 Å². The molecule has 0 unspecified atom stereocenters. The smallest absolute Gasteiger partial charge is 0.110 e. The Bertz CT molecular complexity index is 575. The maximum absolute atomic E-state index is 8.95. The Hall–Kier alpha value is -1.13. The summed E-state index contributed by atoms with van der Waals surface area (Å²) >= 11 is 3.50. The van der Waals surface area contributed by atoms with Gasteiger partial charge in [0.15, 0.2) is 0 Å². The maximum Gasteiger partial charge on any atom is 0.110 e. The SMILES string of the molecule is Cc1ccc(-c2nc(CCO)[nH]c2Br)c(C)c1C. The van der Waals surface area contributed by atoms with Gasteiger partial charge in [0.05, 0.1) is 6.61 Å². The van der Waals surface area contributed by atoms with Crippen LogP contribution in [0.2, 0.25) is 0 Å². The molecule has 96 valence electrons. The first-order valence-electron chi connectivity index (χ1n) is 5.97. The number of aliphatic hydroxyl groups is 1. The van der Waals surface area contributed by atoms with Crippen molar-refractivity contribution >= 4 is 15.9 Å². The zero-order valence-corrected chi connectivity index (χ0v) is 12.4. The molecule has 0 amide bonds. The number of H-pyrrole nitrogens is 1. The number of aliphatic hydroxyl groups excluding tert-OH is 1. The first-order chi connectivity index (χ1) is 8.54. The highest BCUT2D eigenvalue weighted by atomic mass is 79.9. The molecule has 0 bridgehead atoms. The largest absolute Gasteiger partial charge is 0.396 e. The van der Waals surface area contributed by atoms with Gasteiger partial charge < -0.3 is 10.1 Å². The van der Waals surface area contributed by atoms with E-state index in [2.05, 4.69) is 58.8 Å². The summed E-state index contributed by atoms with van der Waals surface area (Å²) in [6, 6.07) is 4.21. The van der Waals surface area contributed by atoms with E-state index in [1.54, 1.807) is 0 Å². The zero-order valence-electron chi connectivity index (χ0n) is 10.8. The number of nitrogens with zero attached hydrogens (tertiary/aromatic N) is 1. The van der Waals surface area contributed by atoms with Crippen LogP contribution in [0, 0.1) is 20.8 Å². The van der Waals surface area contributed by atoms with Crippen molar-refractivity contribution < 1.29 is 5.11 Å². The van der Waals surface area contributed by atoms with E-state index >= 15 is 0 Å². The van der Waals surface area contributed by atoms with Crippen molar-refractivity contribution in [1.29, 1.82) is 0 Å². The van der Waals surface area contributed by atoms with Gasteiger partial charge in [0.25, 0.3) is 0 Å². The number of aromatic nitrogens is 2. The lowest BCUT2D eigenvalue weighted by Gasteiger charge is -2.09. The molecule has 2 rings (SSSR count). The predicted octanol–water partition coefficient (Wildman–Crippen LogP) is 3.30. The minimum Gasteiger partial charge on any atom is -0.396 e. The van der Waals surface area contributed by atoms with Gasteiger partial charge in [0, 0.05) is 12.0 Å². The minimum atomic E-state index is 0.102. The topological polar surface area (TPSA) is 48.9 Å². The van der Waals surface area contributed by atoms with Crippen LogP contribution in [0.1, 0.15) is 22.5 Å². The Morgan fingerprint density at radius 1 is 1.22 bits per heavy atom. The number of aryl methyl sites for hydroxylation is 1.